The lowest BCUT2D eigenvalue weighted by molar-refractivity contribution is -0.118. The van der Waals surface area contributed by atoms with Crippen LogP contribution in [0.25, 0.3) is 0 Å². The third kappa shape index (κ3) is 3.66. The fourth-order valence-electron chi connectivity index (χ4n) is 2.36. The minimum atomic E-state index is -0.213. The molecule has 3 heteroatoms. The second-order valence-electron chi connectivity index (χ2n) is 4.52. The summed E-state index contributed by atoms with van der Waals surface area (Å²) < 4.78 is 0. The van der Waals surface area contributed by atoms with Crippen LogP contribution in [0, 0.1) is 5.92 Å². The maximum absolute atomic E-state index is 10.7. The van der Waals surface area contributed by atoms with E-state index in [1.54, 1.807) is 0 Å². The largest absolute Gasteiger partial charge is 0.370 e. The van der Waals surface area contributed by atoms with E-state index in [-0.39, 0.29) is 11.9 Å². The molecule has 3 nitrogen and oxygen atoms in total. The number of carbonyl (C=O) groups excluding carboxylic acids is 1. The monoisotopic (exact) mass is 198 g/mol. The highest BCUT2D eigenvalue weighted by Crippen LogP contribution is 2.28. The van der Waals surface area contributed by atoms with Gasteiger partial charge in [0.05, 0.1) is 0 Å². The summed E-state index contributed by atoms with van der Waals surface area (Å²) in [6.45, 7) is 4.28. The van der Waals surface area contributed by atoms with Gasteiger partial charge in [-0.1, -0.05) is 13.3 Å². The highest BCUT2D eigenvalue weighted by Gasteiger charge is 2.24. The summed E-state index contributed by atoms with van der Waals surface area (Å²) in [5, 5.41) is 3.47. The number of nitrogens with one attached hydrogen (secondary N) is 1. The number of hydrogen-bond acceptors (Lipinski definition) is 2. The quantitative estimate of drug-likeness (QED) is 0.702. The Bertz CT molecular complexity index is 194. The molecule has 1 aliphatic rings. The van der Waals surface area contributed by atoms with E-state index in [9.17, 15) is 4.79 Å². The Labute approximate surface area is 86.4 Å². The average Bonchev–Trinajstić information content (AvgIpc) is 2.50. The highest BCUT2D eigenvalue weighted by molar-refractivity contribution is 5.74. The van der Waals surface area contributed by atoms with Crippen molar-refractivity contribution in [1.82, 2.24) is 5.32 Å². The van der Waals surface area contributed by atoms with Gasteiger partial charge >= 0.3 is 0 Å². The molecular weight excluding hydrogens is 176 g/mol. The molecule has 0 aromatic rings. The minimum Gasteiger partial charge on any atom is -0.370 e. The van der Waals surface area contributed by atoms with Gasteiger partial charge in [0, 0.05) is 18.5 Å². The molecule has 0 aliphatic heterocycles. The van der Waals surface area contributed by atoms with E-state index in [2.05, 4.69) is 12.2 Å². The molecule has 3 N–H and O–H groups in total. The van der Waals surface area contributed by atoms with Crippen molar-refractivity contribution in [3.05, 3.63) is 0 Å². The van der Waals surface area contributed by atoms with Gasteiger partial charge in [-0.3, -0.25) is 4.79 Å². The smallest absolute Gasteiger partial charge is 0.218 e. The second-order valence-corrected chi connectivity index (χ2v) is 4.52. The molecule has 3 atom stereocenters. The summed E-state index contributed by atoms with van der Waals surface area (Å²) in [6.07, 6.45) is 5.58. The molecule has 1 rings (SSSR count). The number of nitrogens with two attached hydrogens (primary N) is 1. The van der Waals surface area contributed by atoms with Crippen molar-refractivity contribution in [3.63, 3.8) is 0 Å². The Balaban J connectivity index is 2.21. The molecule has 0 spiro atoms. The predicted octanol–water partition coefficient (Wildman–Crippen LogP) is 1.42. The van der Waals surface area contributed by atoms with Crippen molar-refractivity contribution in [2.45, 2.75) is 58.0 Å². The van der Waals surface area contributed by atoms with Crippen molar-refractivity contribution < 1.29 is 4.79 Å². The number of hydrogen-bond donors (Lipinski definition) is 2. The summed E-state index contributed by atoms with van der Waals surface area (Å²) in [4.78, 5) is 10.7. The number of amides is 1. The number of carbonyl (C=O) groups is 1. The van der Waals surface area contributed by atoms with Gasteiger partial charge in [0.2, 0.25) is 5.91 Å². The third-order valence-corrected chi connectivity index (χ3v) is 3.15. The van der Waals surface area contributed by atoms with Crippen molar-refractivity contribution in [3.8, 4) is 0 Å². The van der Waals surface area contributed by atoms with E-state index in [1.165, 1.54) is 25.7 Å². The van der Waals surface area contributed by atoms with Gasteiger partial charge in [-0.25, -0.2) is 0 Å². The van der Waals surface area contributed by atoms with Crippen LogP contribution in [0.15, 0.2) is 0 Å². The van der Waals surface area contributed by atoms with Crippen LogP contribution in [0.5, 0.6) is 0 Å². The normalized spacial score (nSPS) is 29.0. The van der Waals surface area contributed by atoms with Crippen molar-refractivity contribution in [2.75, 3.05) is 0 Å². The molecule has 0 saturated heterocycles. The molecule has 0 bridgehead atoms. The summed E-state index contributed by atoms with van der Waals surface area (Å²) >= 11 is 0. The van der Waals surface area contributed by atoms with E-state index in [4.69, 9.17) is 5.73 Å². The lowest BCUT2D eigenvalue weighted by Crippen LogP contribution is -2.37. The average molecular weight is 198 g/mol. The fourth-order valence-corrected chi connectivity index (χ4v) is 2.36. The summed E-state index contributed by atoms with van der Waals surface area (Å²) in [5.74, 6) is 0.670. The van der Waals surface area contributed by atoms with Crippen LogP contribution in [0.3, 0.4) is 0 Å². The van der Waals surface area contributed by atoms with E-state index < -0.39 is 0 Å². The molecule has 0 aromatic heterocycles. The van der Waals surface area contributed by atoms with Crippen LogP contribution in [0.1, 0.15) is 46.0 Å². The fraction of sp³-hybridized carbons (Fsp3) is 0.909. The highest BCUT2D eigenvalue weighted by atomic mass is 16.1. The molecule has 82 valence electrons. The molecule has 1 saturated carbocycles. The summed E-state index contributed by atoms with van der Waals surface area (Å²) in [6, 6.07) is 0.836. The van der Waals surface area contributed by atoms with Crippen LogP contribution < -0.4 is 11.1 Å². The van der Waals surface area contributed by atoms with Gasteiger partial charge in [0.1, 0.15) is 0 Å². The lowest BCUT2D eigenvalue weighted by Gasteiger charge is -2.18. The van der Waals surface area contributed by atoms with Gasteiger partial charge in [0.25, 0.3) is 0 Å². The van der Waals surface area contributed by atoms with Gasteiger partial charge < -0.3 is 11.1 Å². The zero-order valence-electron chi connectivity index (χ0n) is 9.25. The number of primary amides is 1. The van der Waals surface area contributed by atoms with Crippen molar-refractivity contribution in [1.29, 1.82) is 0 Å². The molecule has 1 fully saturated rings. The Hall–Kier alpha value is -0.570. The number of rotatable bonds is 5. The van der Waals surface area contributed by atoms with Crippen molar-refractivity contribution in [2.24, 2.45) is 11.7 Å². The zero-order chi connectivity index (χ0) is 10.6. The molecule has 14 heavy (non-hydrogen) atoms. The van der Waals surface area contributed by atoms with Crippen LogP contribution >= 0.6 is 0 Å². The van der Waals surface area contributed by atoms with Gasteiger partial charge in [-0.05, 0) is 32.1 Å². The van der Waals surface area contributed by atoms with E-state index in [1.807, 2.05) is 6.92 Å². The maximum atomic E-state index is 10.7. The van der Waals surface area contributed by atoms with E-state index >= 15 is 0 Å². The molecule has 1 amide bonds. The van der Waals surface area contributed by atoms with Crippen LogP contribution in [-0.2, 0) is 4.79 Å². The van der Waals surface area contributed by atoms with E-state index in [0.29, 0.717) is 12.5 Å². The van der Waals surface area contributed by atoms with Crippen LogP contribution in [0.2, 0.25) is 0 Å². The topological polar surface area (TPSA) is 55.1 Å². The summed E-state index contributed by atoms with van der Waals surface area (Å²) in [7, 11) is 0. The first-order chi connectivity index (χ1) is 6.61. The van der Waals surface area contributed by atoms with Gasteiger partial charge in [0.15, 0.2) is 0 Å². The van der Waals surface area contributed by atoms with Crippen molar-refractivity contribution >= 4 is 5.91 Å². The Morgan fingerprint density at radius 1 is 1.57 bits per heavy atom. The minimum absolute atomic E-state index is 0.213. The first-order valence-electron chi connectivity index (χ1n) is 5.66. The predicted molar refractivity (Wildman–Crippen MR) is 57.8 cm³/mol. The van der Waals surface area contributed by atoms with E-state index in [0.717, 1.165) is 5.92 Å². The third-order valence-electron chi connectivity index (χ3n) is 3.15. The molecular formula is C11H22N2O. The summed E-state index contributed by atoms with van der Waals surface area (Å²) in [5.41, 5.74) is 5.14. The molecule has 0 radical (unpaired) electrons. The van der Waals surface area contributed by atoms with Crippen LogP contribution in [-0.4, -0.2) is 18.0 Å². The molecule has 0 aromatic carbocycles. The Morgan fingerprint density at radius 2 is 2.29 bits per heavy atom. The second kappa shape index (κ2) is 5.35. The molecule has 3 unspecified atom stereocenters. The zero-order valence-corrected chi connectivity index (χ0v) is 9.25. The Morgan fingerprint density at radius 3 is 2.79 bits per heavy atom. The van der Waals surface area contributed by atoms with Gasteiger partial charge in [-0.2, -0.15) is 0 Å². The molecule has 1 aliphatic carbocycles. The first kappa shape index (κ1) is 11.5. The maximum Gasteiger partial charge on any atom is 0.218 e. The first-order valence-corrected chi connectivity index (χ1v) is 5.66. The van der Waals surface area contributed by atoms with Gasteiger partial charge in [-0.15, -0.1) is 0 Å². The lowest BCUT2D eigenvalue weighted by atomic mass is 10.1. The SMILES string of the molecule is CCC1CCC(NC(C)CC(N)=O)C1. The van der Waals surface area contributed by atoms with Crippen LogP contribution in [0.4, 0.5) is 0 Å². The molecule has 0 heterocycles. The Kier molecular flexibility index (Phi) is 4.39. The standard InChI is InChI=1S/C11H22N2O/c1-3-9-4-5-10(7-9)13-8(2)6-11(12)14/h8-10,13H,3-7H2,1-2H3,(H2,12,14).